The highest BCUT2D eigenvalue weighted by atomic mass is 15.1. The molecule has 0 aliphatic carbocycles. The second-order valence-corrected chi connectivity index (χ2v) is 3.99. The van der Waals surface area contributed by atoms with Gasteiger partial charge in [0.1, 0.15) is 0 Å². The van der Waals surface area contributed by atoms with Gasteiger partial charge < -0.3 is 5.73 Å². The smallest absolute Gasteiger partial charge is 0.0997 e. The first-order valence-corrected chi connectivity index (χ1v) is 5.63. The molecular weight excluding hydrogens is 224 g/mol. The number of imidazole rings is 1. The molecule has 0 radical (unpaired) electrons. The number of hydrogen-bond donors (Lipinski definition) is 1. The Kier molecular flexibility index (Phi) is 2.53. The van der Waals surface area contributed by atoms with Crippen molar-refractivity contribution in [2.75, 3.05) is 5.73 Å². The number of nitrogens with zero attached hydrogens (tertiary/aromatic N) is 3. The molecule has 0 amide bonds. The fraction of sp³-hybridized carbons (Fsp3) is 0. The molecule has 4 heteroatoms. The van der Waals surface area contributed by atoms with Crippen LogP contribution in [-0.2, 0) is 0 Å². The summed E-state index contributed by atoms with van der Waals surface area (Å²) in [7, 11) is 0. The number of aromatic nitrogens is 3. The highest BCUT2D eigenvalue weighted by Crippen LogP contribution is 2.22. The summed E-state index contributed by atoms with van der Waals surface area (Å²) < 4.78 is 1.99. The topological polar surface area (TPSA) is 56.7 Å². The van der Waals surface area contributed by atoms with Crippen LogP contribution in [-0.4, -0.2) is 14.5 Å². The molecule has 0 bridgehead atoms. The lowest BCUT2D eigenvalue weighted by Gasteiger charge is -2.08. The van der Waals surface area contributed by atoms with E-state index in [2.05, 4.69) is 9.97 Å². The number of hydrogen-bond acceptors (Lipinski definition) is 3. The molecule has 1 aromatic carbocycles. The van der Waals surface area contributed by atoms with E-state index in [0.29, 0.717) is 0 Å². The van der Waals surface area contributed by atoms with Gasteiger partial charge >= 0.3 is 0 Å². The average Bonchev–Trinajstić information content (AvgIpc) is 2.89. The Morgan fingerprint density at radius 2 is 1.94 bits per heavy atom. The molecule has 0 unspecified atom stereocenters. The van der Waals surface area contributed by atoms with Crippen LogP contribution in [0.5, 0.6) is 0 Å². The van der Waals surface area contributed by atoms with Crippen LogP contribution in [0.15, 0.2) is 61.3 Å². The zero-order valence-corrected chi connectivity index (χ0v) is 9.69. The van der Waals surface area contributed by atoms with Gasteiger partial charge in [-0.2, -0.15) is 0 Å². The molecule has 3 aromatic rings. The van der Waals surface area contributed by atoms with Crippen LogP contribution in [0, 0.1) is 0 Å². The first kappa shape index (κ1) is 10.5. The Bertz CT molecular complexity index is 658. The molecule has 3 rings (SSSR count). The van der Waals surface area contributed by atoms with Crippen molar-refractivity contribution in [3.05, 3.63) is 61.3 Å². The number of benzene rings is 1. The van der Waals surface area contributed by atoms with Gasteiger partial charge in [0, 0.05) is 29.3 Å². The molecule has 18 heavy (non-hydrogen) atoms. The number of nitrogens with two attached hydrogens (primary N) is 1. The third-order valence-electron chi connectivity index (χ3n) is 2.74. The predicted molar refractivity (Wildman–Crippen MR) is 71.2 cm³/mol. The van der Waals surface area contributed by atoms with Crippen molar-refractivity contribution in [3.63, 3.8) is 0 Å². The summed E-state index contributed by atoms with van der Waals surface area (Å²) in [6.45, 7) is 0. The van der Waals surface area contributed by atoms with Gasteiger partial charge in [-0.1, -0.05) is 6.07 Å². The standard InChI is InChI=1S/C14H12N4/c15-12-4-1-5-13(7-12)18-10-17-9-14(18)11-3-2-6-16-8-11/h1-10H,15H2. The quantitative estimate of drug-likeness (QED) is 0.695. The molecule has 88 valence electrons. The first-order chi connectivity index (χ1) is 8.84. The molecule has 0 aliphatic rings. The maximum Gasteiger partial charge on any atom is 0.0997 e. The summed E-state index contributed by atoms with van der Waals surface area (Å²) in [6.07, 6.45) is 7.17. The minimum absolute atomic E-state index is 0.735. The van der Waals surface area contributed by atoms with Crippen LogP contribution in [0.4, 0.5) is 5.69 Å². The second kappa shape index (κ2) is 4.33. The maximum atomic E-state index is 5.81. The van der Waals surface area contributed by atoms with Crippen molar-refractivity contribution < 1.29 is 0 Å². The summed E-state index contributed by atoms with van der Waals surface area (Å²) >= 11 is 0. The molecule has 0 saturated carbocycles. The largest absolute Gasteiger partial charge is 0.399 e. The van der Waals surface area contributed by atoms with Crippen molar-refractivity contribution in [2.24, 2.45) is 0 Å². The SMILES string of the molecule is Nc1cccc(-n2cncc2-c2cccnc2)c1. The van der Waals surface area contributed by atoms with Gasteiger partial charge in [-0.25, -0.2) is 4.98 Å². The lowest BCUT2D eigenvalue weighted by atomic mass is 10.2. The summed E-state index contributed by atoms with van der Waals surface area (Å²) in [5, 5.41) is 0. The number of pyridine rings is 1. The Balaban J connectivity index is 2.13. The molecule has 0 fully saturated rings. The van der Waals surface area contributed by atoms with Crippen LogP contribution in [0.3, 0.4) is 0 Å². The normalized spacial score (nSPS) is 10.4. The van der Waals surface area contributed by atoms with Crippen LogP contribution in [0.2, 0.25) is 0 Å². The van der Waals surface area contributed by atoms with Crippen molar-refractivity contribution in [1.82, 2.24) is 14.5 Å². The van der Waals surface area contributed by atoms with E-state index in [-0.39, 0.29) is 0 Å². The van der Waals surface area contributed by atoms with Crippen LogP contribution < -0.4 is 5.73 Å². The maximum absolute atomic E-state index is 5.81. The Labute approximate surface area is 105 Å². The van der Waals surface area contributed by atoms with E-state index in [1.165, 1.54) is 0 Å². The fourth-order valence-electron chi connectivity index (χ4n) is 1.90. The minimum atomic E-state index is 0.735. The number of rotatable bonds is 2. The molecule has 0 atom stereocenters. The van der Waals surface area contributed by atoms with Crippen molar-refractivity contribution in [2.45, 2.75) is 0 Å². The minimum Gasteiger partial charge on any atom is -0.399 e. The van der Waals surface area contributed by atoms with Gasteiger partial charge in [0.15, 0.2) is 0 Å². The van der Waals surface area contributed by atoms with E-state index in [9.17, 15) is 0 Å². The van der Waals surface area contributed by atoms with Crippen molar-refractivity contribution in [1.29, 1.82) is 0 Å². The zero-order valence-electron chi connectivity index (χ0n) is 9.69. The van der Waals surface area contributed by atoms with E-state index < -0.39 is 0 Å². The van der Waals surface area contributed by atoms with Crippen molar-refractivity contribution in [3.8, 4) is 16.9 Å². The average molecular weight is 236 g/mol. The summed E-state index contributed by atoms with van der Waals surface area (Å²) in [6, 6.07) is 11.6. The van der Waals surface area contributed by atoms with Crippen molar-refractivity contribution >= 4 is 5.69 Å². The predicted octanol–water partition coefficient (Wildman–Crippen LogP) is 2.52. The fourth-order valence-corrected chi connectivity index (χ4v) is 1.90. The van der Waals surface area contributed by atoms with Gasteiger partial charge in [0.25, 0.3) is 0 Å². The molecule has 0 aliphatic heterocycles. The van der Waals surface area contributed by atoms with E-state index in [0.717, 1.165) is 22.6 Å². The van der Waals surface area contributed by atoms with Gasteiger partial charge in [-0.3, -0.25) is 9.55 Å². The molecule has 0 saturated heterocycles. The molecular formula is C14H12N4. The Morgan fingerprint density at radius 1 is 1.00 bits per heavy atom. The Hall–Kier alpha value is -2.62. The molecule has 0 spiro atoms. The van der Waals surface area contributed by atoms with E-state index in [4.69, 9.17) is 5.73 Å². The van der Waals surface area contributed by atoms with E-state index >= 15 is 0 Å². The van der Waals surface area contributed by atoms with E-state index in [1.54, 1.807) is 12.5 Å². The van der Waals surface area contributed by atoms with Gasteiger partial charge in [-0.05, 0) is 30.3 Å². The third kappa shape index (κ3) is 1.84. The van der Waals surface area contributed by atoms with Gasteiger partial charge in [0.2, 0.25) is 0 Å². The summed E-state index contributed by atoms with van der Waals surface area (Å²) in [5.74, 6) is 0. The van der Waals surface area contributed by atoms with E-state index in [1.807, 2.05) is 53.4 Å². The Morgan fingerprint density at radius 3 is 2.72 bits per heavy atom. The first-order valence-electron chi connectivity index (χ1n) is 5.63. The molecule has 2 heterocycles. The molecule has 2 N–H and O–H groups in total. The highest BCUT2D eigenvalue weighted by Gasteiger charge is 2.06. The molecule has 4 nitrogen and oxygen atoms in total. The number of nitrogen functional groups attached to an aromatic ring is 1. The lowest BCUT2D eigenvalue weighted by molar-refractivity contribution is 1.06. The summed E-state index contributed by atoms with van der Waals surface area (Å²) in [4.78, 5) is 8.33. The monoisotopic (exact) mass is 236 g/mol. The zero-order chi connectivity index (χ0) is 12.4. The van der Waals surface area contributed by atoms with Crippen LogP contribution in [0.1, 0.15) is 0 Å². The second-order valence-electron chi connectivity index (χ2n) is 3.99. The van der Waals surface area contributed by atoms with Crippen LogP contribution in [0.25, 0.3) is 16.9 Å². The lowest BCUT2D eigenvalue weighted by Crippen LogP contribution is -1.96. The number of anilines is 1. The van der Waals surface area contributed by atoms with Gasteiger partial charge in [-0.15, -0.1) is 0 Å². The third-order valence-corrected chi connectivity index (χ3v) is 2.74. The summed E-state index contributed by atoms with van der Waals surface area (Å²) in [5.41, 5.74) is 9.55. The molecule has 2 aromatic heterocycles. The highest BCUT2D eigenvalue weighted by molar-refractivity contribution is 5.61. The van der Waals surface area contributed by atoms with Gasteiger partial charge in [0.05, 0.1) is 18.2 Å². The van der Waals surface area contributed by atoms with Crippen LogP contribution >= 0.6 is 0 Å².